The van der Waals surface area contributed by atoms with Crippen molar-refractivity contribution in [2.75, 3.05) is 19.6 Å². The molecule has 1 aliphatic rings. The molecule has 0 saturated carbocycles. The van der Waals surface area contributed by atoms with E-state index in [1.165, 1.54) is 19.4 Å². The maximum Gasteiger partial charge on any atom is 0.122 e. The summed E-state index contributed by atoms with van der Waals surface area (Å²) in [6.07, 6.45) is 6.50. The minimum atomic E-state index is 0.676. The summed E-state index contributed by atoms with van der Waals surface area (Å²) >= 11 is 0. The number of hydrogen-bond donors (Lipinski definition) is 1. The van der Waals surface area contributed by atoms with Crippen LogP contribution in [0.5, 0.6) is 0 Å². The molecule has 1 unspecified atom stereocenters. The summed E-state index contributed by atoms with van der Waals surface area (Å²) in [6.45, 7) is 6.60. The molecule has 1 aliphatic heterocycles. The third-order valence-electron chi connectivity index (χ3n) is 3.46. The Morgan fingerprint density at radius 1 is 1.62 bits per heavy atom. The van der Waals surface area contributed by atoms with Crippen LogP contribution in [0.15, 0.2) is 12.4 Å². The molecular formula is C12H22N4. The number of aryl methyl sites for hydroxylation is 1. The van der Waals surface area contributed by atoms with Crippen molar-refractivity contribution in [1.29, 1.82) is 0 Å². The molecular weight excluding hydrogens is 200 g/mol. The summed E-state index contributed by atoms with van der Waals surface area (Å²) in [6, 6.07) is 0.676. The third kappa shape index (κ3) is 2.62. The fourth-order valence-corrected chi connectivity index (χ4v) is 2.37. The third-order valence-corrected chi connectivity index (χ3v) is 3.46. The molecule has 0 bridgehead atoms. The van der Waals surface area contributed by atoms with Gasteiger partial charge in [0, 0.05) is 32.0 Å². The summed E-state index contributed by atoms with van der Waals surface area (Å²) in [4.78, 5) is 6.92. The Kier molecular flexibility index (Phi) is 3.96. The number of piperidine rings is 1. The first kappa shape index (κ1) is 11.6. The van der Waals surface area contributed by atoms with Crippen LogP contribution >= 0.6 is 0 Å². The average Bonchev–Trinajstić information content (AvgIpc) is 2.73. The first-order valence-electron chi connectivity index (χ1n) is 6.22. The summed E-state index contributed by atoms with van der Waals surface area (Å²) in [5.74, 6) is 1.16. The van der Waals surface area contributed by atoms with Crippen molar-refractivity contribution in [2.24, 2.45) is 7.05 Å². The van der Waals surface area contributed by atoms with Crippen molar-refractivity contribution >= 4 is 0 Å². The Balaban J connectivity index is 1.97. The number of imidazole rings is 1. The second kappa shape index (κ2) is 5.46. The molecule has 16 heavy (non-hydrogen) atoms. The molecule has 1 saturated heterocycles. The van der Waals surface area contributed by atoms with Crippen LogP contribution in [0.2, 0.25) is 0 Å². The second-order valence-corrected chi connectivity index (χ2v) is 4.52. The van der Waals surface area contributed by atoms with Crippen LogP contribution in [-0.4, -0.2) is 40.1 Å². The molecule has 0 aliphatic carbocycles. The van der Waals surface area contributed by atoms with E-state index in [1.54, 1.807) is 0 Å². The first-order valence-corrected chi connectivity index (χ1v) is 6.22. The van der Waals surface area contributed by atoms with Gasteiger partial charge in [0.15, 0.2) is 0 Å². The molecule has 4 nitrogen and oxygen atoms in total. The van der Waals surface area contributed by atoms with Crippen LogP contribution in [-0.2, 0) is 13.6 Å². The van der Waals surface area contributed by atoms with E-state index in [0.29, 0.717) is 6.04 Å². The van der Waals surface area contributed by atoms with Crippen molar-refractivity contribution < 1.29 is 0 Å². The highest BCUT2D eigenvalue weighted by Gasteiger charge is 2.20. The lowest BCUT2D eigenvalue weighted by Crippen LogP contribution is -2.45. The minimum absolute atomic E-state index is 0.676. The van der Waals surface area contributed by atoms with Gasteiger partial charge in [-0.1, -0.05) is 6.92 Å². The Labute approximate surface area is 97.7 Å². The van der Waals surface area contributed by atoms with Crippen molar-refractivity contribution in [3.63, 3.8) is 0 Å². The molecule has 1 atom stereocenters. The van der Waals surface area contributed by atoms with Crippen molar-refractivity contribution in [1.82, 2.24) is 19.8 Å². The highest BCUT2D eigenvalue weighted by atomic mass is 15.2. The summed E-state index contributed by atoms with van der Waals surface area (Å²) in [7, 11) is 2.06. The van der Waals surface area contributed by atoms with Gasteiger partial charge in [-0.15, -0.1) is 0 Å². The molecule has 1 aromatic rings. The fraction of sp³-hybridized carbons (Fsp3) is 0.750. The molecule has 2 heterocycles. The molecule has 0 spiro atoms. The molecule has 1 fully saturated rings. The Morgan fingerprint density at radius 2 is 2.50 bits per heavy atom. The van der Waals surface area contributed by atoms with Gasteiger partial charge in [-0.3, -0.25) is 4.90 Å². The van der Waals surface area contributed by atoms with Gasteiger partial charge >= 0.3 is 0 Å². The van der Waals surface area contributed by atoms with Gasteiger partial charge < -0.3 is 9.88 Å². The predicted molar refractivity (Wildman–Crippen MR) is 65.2 cm³/mol. The smallest absolute Gasteiger partial charge is 0.122 e. The largest absolute Gasteiger partial charge is 0.337 e. The monoisotopic (exact) mass is 222 g/mol. The van der Waals surface area contributed by atoms with Gasteiger partial charge in [0.2, 0.25) is 0 Å². The number of hydrogen-bond acceptors (Lipinski definition) is 3. The molecule has 0 radical (unpaired) electrons. The molecule has 2 rings (SSSR count). The van der Waals surface area contributed by atoms with E-state index in [0.717, 1.165) is 25.5 Å². The van der Waals surface area contributed by atoms with Crippen molar-refractivity contribution in [2.45, 2.75) is 32.4 Å². The number of nitrogens with one attached hydrogen (secondary N) is 1. The van der Waals surface area contributed by atoms with Crippen LogP contribution in [0.4, 0.5) is 0 Å². The van der Waals surface area contributed by atoms with E-state index in [4.69, 9.17) is 0 Å². The standard InChI is InChI=1S/C12H22N4/c1-3-16(11-5-4-6-13-9-11)10-12-14-7-8-15(12)2/h7-8,11,13H,3-6,9-10H2,1-2H3. The highest BCUT2D eigenvalue weighted by Crippen LogP contribution is 2.12. The maximum absolute atomic E-state index is 4.40. The van der Waals surface area contributed by atoms with Crippen LogP contribution in [0.1, 0.15) is 25.6 Å². The van der Waals surface area contributed by atoms with Crippen LogP contribution < -0.4 is 5.32 Å². The van der Waals surface area contributed by atoms with Crippen LogP contribution in [0, 0.1) is 0 Å². The number of rotatable bonds is 4. The van der Waals surface area contributed by atoms with Gasteiger partial charge in [0.05, 0.1) is 6.54 Å². The summed E-state index contributed by atoms with van der Waals surface area (Å²) in [5.41, 5.74) is 0. The summed E-state index contributed by atoms with van der Waals surface area (Å²) in [5, 5.41) is 3.47. The predicted octanol–water partition coefficient (Wildman–Crippen LogP) is 0.994. The zero-order valence-electron chi connectivity index (χ0n) is 10.3. The van der Waals surface area contributed by atoms with Crippen molar-refractivity contribution in [3.8, 4) is 0 Å². The minimum Gasteiger partial charge on any atom is -0.337 e. The topological polar surface area (TPSA) is 33.1 Å². The van der Waals surface area contributed by atoms with Gasteiger partial charge in [-0.25, -0.2) is 4.98 Å². The average molecular weight is 222 g/mol. The number of likely N-dealkylation sites (N-methyl/N-ethyl adjacent to an activating group) is 1. The van der Waals surface area contributed by atoms with E-state index in [2.05, 4.69) is 33.7 Å². The molecule has 90 valence electrons. The molecule has 0 amide bonds. The zero-order chi connectivity index (χ0) is 11.4. The molecule has 0 aromatic carbocycles. The van der Waals surface area contributed by atoms with Gasteiger partial charge in [-0.2, -0.15) is 0 Å². The van der Waals surface area contributed by atoms with E-state index in [9.17, 15) is 0 Å². The quantitative estimate of drug-likeness (QED) is 0.825. The zero-order valence-corrected chi connectivity index (χ0v) is 10.3. The number of nitrogens with zero attached hydrogens (tertiary/aromatic N) is 3. The lowest BCUT2D eigenvalue weighted by molar-refractivity contribution is 0.161. The highest BCUT2D eigenvalue weighted by molar-refractivity contribution is 4.92. The normalized spacial score (nSPS) is 21.6. The number of aromatic nitrogens is 2. The van der Waals surface area contributed by atoms with Gasteiger partial charge in [0.1, 0.15) is 5.82 Å². The van der Waals surface area contributed by atoms with E-state index in [-0.39, 0.29) is 0 Å². The Hall–Kier alpha value is -0.870. The van der Waals surface area contributed by atoms with E-state index in [1.807, 2.05) is 12.4 Å². The SMILES string of the molecule is CCN(Cc1nccn1C)C1CCCNC1. The second-order valence-electron chi connectivity index (χ2n) is 4.52. The van der Waals surface area contributed by atoms with Crippen LogP contribution in [0.25, 0.3) is 0 Å². The molecule has 1 N–H and O–H groups in total. The summed E-state index contributed by atoms with van der Waals surface area (Å²) < 4.78 is 2.11. The van der Waals surface area contributed by atoms with Crippen molar-refractivity contribution in [3.05, 3.63) is 18.2 Å². The first-order chi connectivity index (χ1) is 7.81. The van der Waals surface area contributed by atoms with E-state index >= 15 is 0 Å². The molecule has 4 heteroatoms. The Bertz CT molecular complexity index is 315. The lowest BCUT2D eigenvalue weighted by Gasteiger charge is -2.33. The lowest BCUT2D eigenvalue weighted by atomic mass is 10.1. The van der Waals surface area contributed by atoms with Crippen LogP contribution in [0.3, 0.4) is 0 Å². The van der Waals surface area contributed by atoms with Gasteiger partial charge in [-0.05, 0) is 25.9 Å². The molecule has 1 aromatic heterocycles. The maximum atomic E-state index is 4.40. The fourth-order valence-electron chi connectivity index (χ4n) is 2.37. The Morgan fingerprint density at radius 3 is 3.06 bits per heavy atom. The van der Waals surface area contributed by atoms with Gasteiger partial charge in [0.25, 0.3) is 0 Å². The van der Waals surface area contributed by atoms with E-state index < -0.39 is 0 Å².